The minimum Gasteiger partial charge on any atom is -0.379 e. The third kappa shape index (κ3) is 5.13. The number of piperidine rings is 1. The summed E-state index contributed by atoms with van der Waals surface area (Å²) in [4.78, 5) is 44.2. The number of likely N-dealkylation sites (tertiary alicyclic amines) is 1. The molecule has 1 aliphatic carbocycles. The predicted molar refractivity (Wildman–Crippen MR) is 134 cm³/mol. The summed E-state index contributed by atoms with van der Waals surface area (Å²) in [5, 5.41) is 15.9. The third-order valence-corrected chi connectivity index (χ3v) is 8.21. The van der Waals surface area contributed by atoms with Gasteiger partial charge in [-0.15, -0.1) is 0 Å². The van der Waals surface area contributed by atoms with E-state index < -0.39 is 48.1 Å². The molecule has 4 rings (SSSR count). The molecule has 2 N–H and O–H groups in total. The van der Waals surface area contributed by atoms with Gasteiger partial charge in [0.1, 0.15) is 18.1 Å². The van der Waals surface area contributed by atoms with E-state index in [-0.39, 0.29) is 23.8 Å². The van der Waals surface area contributed by atoms with Gasteiger partial charge in [-0.3, -0.25) is 19.4 Å². The molecule has 9 nitrogen and oxygen atoms in total. The minimum absolute atomic E-state index is 0.0942. The first-order chi connectivity index (χ1) is 18.2. The molecule has 2 fully saturated rings. The van der Waals surface area contributed by atoms with Gasteiger partial charge >= 0.3 is 12.1 Å². The molecule has 0 bridgehead atoms. The number of nitrogens with zero attached hydrogens (tertiary/aromatic N) is 3. The summed E-state index contributed by atoms with van der Waals surface area (Å²) in [5.41, 5.74) is 0.0442. The number of amides is 3. The number of halogens is 4. The molecule has 208 valence electrons. The van der Waals surface area contributed by atoms with Crippen LogP contribution in [0.1, 0.15) is 32.4 Å². The standard InChI is InChI=1S/C26H27ClF3N5O4/c1-12(39-4)20(34-24(38)26(28,29)30)23(37)35-11-15-19(25(15,2)3)21(35)22(36)33-17(8-31)14-10-32-9-13-6-5-7-16(27)18(13)14/h5-7,9-10,12,15,17,19-21H,11H2,1-4H3,(H,33,36)(H,34,38)/t12-,15+,17?,19+,20+,21+/m1/s1. The van der Waals surface area contributed by atoms with Gasteiger partial charge in [-0.25, -0.2) is 0 Å². The van der Waals surface area contributed by atoms with Gasteiger partial charge in [0, 0.05) is 47.4 Å². The number of aromatic nitrogens is 1. The summed E-state index contributed by atoms with van der Waals surface area (Å²) >= 11 is 6.38. The van der Waals surface area contributed by atoms with Crippen molar-refractivity contribution in [2.45, 2.75) is 51.2 Å². The lowest BCUT2D eigenvalue weighted by molar-refractivity contribution is -0.176. The van der Waals surface area contributed by atoms with Crippen molar-refractivity contribution < 1.29 is 32.3 Å². The normalized spacial score (nSPS) is 23.8. The fourth-order valence-corrected chi connectivity index (χ4v) is 5.86. The molecule has 6 atom stereocenters. The topological polar surface area (TPSA) is 124 Å². The van der Waals surface area contributed by atoms with Crippen molar-refractivity contribution in [3.05, 3.63) is 41.2 Å². The van der Waals surface area contributed by atoms with E-state index in [1.165, 1.54) is 25.1 Å². The Balaban J connectivity index is 1.64. The van der Waals surface area contributed by atoms with Crippen molar-refractivity contribution in [1.82, 2.24) is 20.5 Å². The summed E-state index contributed by atoms with van der Waals surface area (Å²) in [7, 11) is 1.19. The number of alkyl halides is 3. The van der Waals surface area contributed by atoms with Crippen molar-refractivity contribution in [2.75, 3.05) is 13.7 Å². The quantitative estimate of drug-likeness (QED) is 0.531. The van der Waals surface area contributed by atoms with E-state index in [9.17, 15) is 32.8 Å². The number of hydrogen-bond donors (Lipinski definition) is 2. The second kappa shape index (κ2) is 10.3. The van der Waals surface area contributed by atoms with Gasteiger partial charge in [-0.2, -0.15) is 18.4 Å². The van der Waals surface area contributed by atoms with Crippen molar-refractivity contribution in [3.63, 3.8) is 0 Å². The molecule has 1 aliphatic heterocycles. The molecule has 1 aromatic heterocycles. The second-order valence-corrected chi connectivity index (χ2v) is 10.8. The zero-order chi connectivity index (χ0) is 28.9. The Bertz CT molecular complexity index is 1360. The van der Waals surface area contributed by atoms with Gasteiger partial charge in [0.25, 0.3) is 0 Å². The fraction of sp³-hybridized carbons (Fsp3) is 0.500. The molecule has 1 aromatic carbocycles. The van der Waals surface area contributed by atoms with E-state index >= 15 is 0 Å². The van der Waals surface area contributed by atoms with Gasteiger partial charge in [0.15, 0.2) is 0 Å². The Morgan fingerprint density at radius 2 is 1.95 bits per heavy atom. The van der Waals surface area contributed by atoms with E-state index in [1.54, 1.807) is 29.7 Å². The third-order valence-electron chi connectivity index (χ3n) is 7.90. The van der Waals surface area contributed by atoms with Gasteiger partial charge < -0.3 is 20.3 Å². The molecule has 1 saturated carbocycles. The first-order valence-corrected chi connectivity index (χ1v) is 12.5. The van der Waals surface area contributed by atoms with Gasteiger partial charge in [0.05, 0.1) is 12.2 Å². The zero-order valence-electron chi connectivity index (χ0n) is 21.5. The van der Waals surface area contributed by atoms with Crippen LogP contribution in [-0.2, 0) is 19.1 Å². The maximum atomic E-state index is 13.7. The summed E-state index contributed by atoms with van der Waals surface area (Å²) in [6.45, 7) is 5.31. The molecule has 13 heteroatoms. The zero-order valence-corrected chi connectivity index (χ0v) is 22.3. The molecule has 39 heavy (non-hydrogen) atoms. The maximum absolute atomic E-state index is 13.7. The highest BCUT2D eigenvalue weighted by atomic mass is 35.5. The maximum Gasteiger partial charge on any atom is 0.471 e. The van der Waals surface area contributed by atoms with Crippen LogP contribution in [0.25, 0.3) is 10.8 Å². The average molecular weight is 566 g/mol. The largest absolute Gasteiger partial charge is 0.471 e. The van der Waals surface area contributed by atoms with Crippen LogP contribution >= 0.6 is 11.6 Å². The van der Waals surface area contributed by atoms with Gasteiger partial charge in [-0.05, 0) is 30.2 Å². The molecule has 3 amide bonds. The Kier molecular flexibility index (Phi) is 7.53. The molecule has 1 saturated heterocycles. The van der Waals surface area contributed by atoms with Crippen LogP contribution in [0, 0.1) is 28.6 Å². The number of pyridine rings is 1. The predicted octanol–water partition coefficient (Wildman–Crippen LogP) is 3.13. The van der Waals surface area contributed by atoms with Crippen LogP contribution in [-0.4, -0.2) is 65.6 Å². The number of nitriles is 1. The Morgan fingerprint density at radius 3 is 2.56 bits per heavy atom. The highest BCUT2D eigenvalue weighted by Crippen LogP contribution is 2.65. The number of hydrogen-bond acceptors (Lipinski definition) is 6. The Hall–Kier alpha value is -3.43. The van der Waals surface area contributed by atoms with Crippen LogP contribution in [0.15, 0.2) is 30.6 Å². The van der Waals surface area contributed by atoms with E-state index in [0.717, 1.165) is 0 Å². The van der Waals surface area contributed by atoms with Crippen molar-refractivity contribution in [3.8, 4) is 6.07 Å². The van der Waals surface area contributed by atoms with Crippen molar-refractivity contribution in [1.29, 1.82) is 5.26 Å². The number of fused-ring (bicyclic) bond motifs is 2. The molecular formula is C26H27ClF3N5O4. The van der Waals surface area contributed by atoms with Gasteiger partial charge in [0.2, 0.25) is 11.8 Å². The van der Waals surface area contributed by atoms with E-state index in [0.29, 0.717) is 21.4 Å². The number of carbonyl (C=O) groups is 3. The van der Waals surface area contributed by atoms with Gasteiger partial charge in [-0.1, -0.05) is 37.6 Å². The summed E-state index contributed by atoms with van der Waals surface area (Å²) < 4.78 is 44.0. The molecule has 1 unspecified atom stereocenters. The van der Waals surface area contributed by atoms with Crippen LogP contribution in [0.4, 0.5) is 13.2 Å². The monoisotopic (exact) mass is 565 g/mol. The molecule has 2 aromatic rings. The summed E-state index contributed by atoms with van der Waals surface area (Å²) in [6.07, 6.45) is -3.34. The number of nitrogens with one attached hydrogen (secondary N) is 2. The van der Waals surface area contributed by atoms with Crippen LogP contribution in [0.5, 0.6) is 0 Å². The smallest absolute Gasteiger partial charge is 0.379 e. The highest BCUT2D eigenvalue weighted by molar-refractivity contribution is 6.35. The number of carbonyl (C=O) groups excluding carboxylic acids is 3. The number of rotatable bonds is 7. The van der Waals surface area contributed by atoms with E-state index in [1.807, 2.05) is 19.9 Å². The Labute approximate surface area is 227 Å². The average Bonchev–Trinajstić information content (AvgIpc) is 3.21. The molecule has 2 heterocycles. The van der Waals surface area contributed by atoms with Crippen LogP contribution < -0.4 is 10.6 Å². The number of ether oxygens (including phenoxy) is 1. The molecular weight excluding hydrogens is 539 g/mol. The van der Waals surface area contributed by atoms with E-state index in [4.69, 9.17) is 16.3 Å². The highest BCUT2D eigenvalue weighted by Gasteiger charge is 2.69. The van der Waals surface area contributed by atoms with Crippen LogP contribution in [0.2, 0.25) is 5.02 Å². The number of methoxy groups -OCH3 is 1. The van der Waals surface area contributed by atoms with Crippen molar-refractivity contribution >= 4 is 40.1 Å². The lowest BCUT2D eigenvalue weighted by atomic mass is 9.98. The second-order valence-electron chi connectivity index (χ2n) is 10.4. The lowest BCUT2D eigenvalue weighted by Crippen LogP contribution is -2.60. The number of benzene rings is 1. The summed E-state index contributed by atoms with van der Waals surface area (Å²) in [6, 6.07) is 3.22. The lowest BCUT2D eigenvalue weighted by Gasteiger charge is -2.35. The van der Waals surface area contributed by atoms with Crippen LogP contribution in [0.3, 0.4) is 0 Å². The minimum atomic E-state index is -5.22. The fourth-order valence-electron chi connectivity index (χ4n) is 5.57. The van der Waals surface area contributed by atoms with E-state index in [2.05, 4.69) is 10.3 Å². The molecule has 0 spiro atoms. The van der Waals surface area contributed by atoms with Crippen molar-refractivity contribution in [2.24, 2.45) is 17.3 Å². The Morgan fingerprint density at radius 1 is 1.26 bits per heavy atom. The summed E-state index contributed by atoms with van der Waals surface area (Å²) in [5.74, 6) is -4.22. The molecule has 2 aliphatic rings. The first-order valence-electron chi connectivity index (χ1n) is 12.2. The first kappa shape index (κ1) is 28.6. The SMILES string of the molecule is CO[C@H](C)[C@H](NC(=O)C(F)(F)F)C(=O)N1C[C@H]2[C@@H]([C@H]1C(=O)NC(C#N)c1cncc3cccc(Cl)c13)C2(C)C. The molecule has 0 radical (unpaired) electrons.